The molecule has 1 N–H and O–H groups in total. The number of rotatable bonds is 3. The van der Waals surface area contributed by atoms with Crippen molar-refractivity contribution in [3.63, 3.8) is 0 Å². The number of carbonyl (C=O) groups excluding carboxylic acids is 2. The number of anilines is 1. The Hall–Kier alpha value is -2.77. The number of esters is 1. The van der Waals surface area contributed by atoms with Crippen molar-refractivity contribution in [1.29, 1.82) is 0 Å². The van der Waals surface area contributed by atoms with E-state index in [2.05, 4.69) is 4.98 Å². The highest BCUT2D eigenvalue weighted by atomic mass is 19.4. The van der Waals surface area contributed by atoms with Gasteiger partial charge in [-0.05, 0) is 36.4 Å². The lowest BCUT2D eigenvalue weighted by molar-refractivity contribution is -0.137. The van der Waals surface area contributed by atoms with Crippen molar-refractivity contribution in [3.05, 3.63) is 53.9 Å². The standard InChI is InChI=1S/C16H13F3N2O3/c17-16(18,19)10-3-5-11(6-4-10)21-9-7-13(14(21)22)24-15(23)12-2-1-8-20-12/h1-6,8,13,20H,7,9H2. The van der Waals surface area contributed by atoms with Crippen molar-refractivity contribution in [2.45, 2.75) is 18.7 Å². The van der Waals surface area contributed by atoms with Crippen LogP contribution in [0, 0.1) is 0 Å². The molecule has 8 heteroatoms. The van der Waals surface area contributed by atoms with Crippen LogP contribution in [0.1, 0.15) is 22.5 Å². The number of amides is 1. The average molecular weight is 338 g/mol. The van der Waals surface area contributed by atoms with E-state index in [1.54, 1.807) is 12.3 Å². The number of nitrogens with zero attached hydrogens (tertiary/aromatic N) is 1. The number of nitrogens with one attached hydrogen (secondary N) is 1. The first-order chi connectivity index (χ1) is 11.4. The number of H-pyrrole nitrogens is 1. The lowest BCUT2D eigenvalue weighted by Gasteiger charge is -2.17. The number of halogens is 3. The van der Waals surface area contributed by atoms with Crippen LogP contribution >= 0.6 is 0 Å². The predicted molar refractivity (Wildman–Crippen MR) is 78.4 cm³/mol. The van der Waals surface area contributed by atoms with Crippen molar-refractivity contribution < 1.29 is 27.5 Å². The molecule has 0 spiro atoms. The fourth-order valence-electron chi connectivity index (χ4n) is 2.50. The van der Waals surface area contributed by atoms with Gasteiger partial charge in [-0.2, -0.15) is 13.2 Å². The van der Waals surface area contributed by atoms with Crippen LogP contribution in [-0.2, 0) is 15.7 Å². The number of hydrogen-bond donors (Lipinski definition) is 1. The molecule has 126 valence electrons. The zero-order chi connectivity index (χ0) is 17.3. The van der Waals surface area contributed by atoms with Gasteiger partial charge in [0, 0.05) is 24.8 Å². The van der Waals surface area contributed by atoms with Crippen LogP contribution in [0.3, 0.4) is 0 Å². The molecule has 0 aliphatic carbocycles. The van der Waals surface area contributed by atoms with Gasteiger partial charge in [-0.25, -0.2) is 4.79 Å². The largest absolute Gasteiger partial charge is 0.447 e. The second-order valence-electron chi connectivity index (χ2n) is 5.30. The first-order valence-corrected chi connectivity index (χ1v) is 7.19. The van der Waals surface area contributed by atoms with Crippen LogP contribution < -0.4 is 4.90 Å². The van der Waals surface area contributed by atoms with Gasteiger partial charge >= 0.3 is 12.1 Å². The van der Waals surface area contributed by atoms with Crippen LogP contribution in [0.4, 0.5) is 18.9 Å². The molecule has 1 aliphatic heterocycles. The Morgan fingerprint density at radius 3 is 2.50 bits per heavy atom. The van der Waals surface area contributed by atoms with Gasteiger partial charge in [-0.15, -0.1) is 0 Å². The lowest BCUT2D eigenvalue weighted by Crippen LogP contribution is -2.32. The van der Waals surface area contributed by atoms with E-state index in [1.165, 1.54) is 23.1 Å². The molecule has 0 bridgehead atoms. The summed E-state index contributed by atoms with van der Waals surface area (Å²) in [7, 11) is 0. The van der Waals surface area contributed by atoms with E-state index >= 15 is 0 Å². The summed E-state index contributed by atoms with van der Waals surface area (Å²) in [5, 5.41) is 0. The smallest absolute Gasteiger partial charge is 0.416 e. The van der Waals surface area contributed by atoms with Gasteiger partial charge < -0.3 is 14.6 Å². The third kappa shape index (κ3) is 3.12. The Balaban J connectivity index is 1.69. The number of aromatic nitrogens is 1. The molecule has 1 aliphatic rings. The molecule has 24 heavy (non-hydrogen) atoms. The fraction of sp³-hybridized carbons (Fsp3) is 0.250. The molecule has 1 fully saturated rings. The van der Waals surface area contributed by atoms with Crippen LogP contribution in [0.15, 0.2) is 42.6 Å². The van der Waals surface area contributed by atoms with E-state index in [0.29, 0.717) is 5.69 Å². The highest BCUT2D eigenvalue weighted by molar-refractivity contribution is 6.00. The minimum absolute atomic E-state index is 0.232. The molecule has 0 saturated carbocycles. The van der Waals surface area contributed by atoms with Gasteiger partial charge in [0.25, 0.3) is 5.91 Å². The highest BCUT2D eigenvalue weighted by Crippen LogP contribution is 2.31. The molecule has 2 heterocycles. The predicted octanol–water partition coefficient (Wildman–Crippen LogP) is 3.00. The minimum Gasteiger partial charge on any atom is -0.447 e. The monoisotopic (exact) mass is 338 g/mol. The summed E-state index contributed by atoms with van der Waals surface area (Å²) in [6.45, 7) is 0.271. The quantitative estimate of drug-likeness (QED) is 0.875. The number of benzene rings is 1. The van der Waals surface area contributed by atoms with Crippen molar-refractivity contribution in [2.75, 3.05) is 11.4 Å². The minimum atomic E-state index is -4.43. The molecule has 1 saturated heterocycles. The second kappa shape index (κ2) is 6.03. The first kappa shape index (κ1) is 16.1. The molecule has 1 aromatic carbocycles. The molecule has 5 nitrogen and oxygen atoms in total. The maximum atomic E-state index is 12.6. The third-order valence-electron chi connectivity index (χ3n) is 3.73. The van der Waals surface area contributed by atoms with E-state index in [1.807, 2.05) is 0 Å². The molecule has 2 aromatic rings. The van der Waals surface area contributed by atoms with Crippen molar-refractivity contribution in [3.8, 4) is 0 Å². The Bertz CT molecular complexity index is 739. The fourth-order valence-corrected chi connectivity index (χ4v) is 2.50. The Kier molecular flexibility index (Phi) is 4.04. The number of hydrogen-bond acceptors (Lipinski definition) is 3. The van der Waals surface area contributed by atoms with Crippen molar-refractivity contribution in [1.82, 2.24) is 4.98 Å². The van der Waals surface area contributed by atoms with Gasteiger partial charge in [0.15, 0.2) is 6.10 Å². The summed E-state index contributed by atoms with van der Waals surface area (Å²) in [6.07, 6.45) is -3.53. The SMILES string of the molecule is O=C(OC1CCN(c2ccc(C(F)(F)F)cc2)C1=O)c1ccc[nH]1. The summed E-state index contributed by atoms with van der Waals surface area (Å²) in [4.78, 5) is 28.2. The number of aromatic amines is 1. The maximum Gasteiger partial charge on any atom is 0.416 e. The molecule has 1 aromatic heterocycles. The lowest BCUT2D eigenvalue weighted by atomic mass is 10.2. The molecule has 0 radical (unpaired) electrons. The Labute approximate surface area is 135 Å². The maximum absolute atomic E-state index is 12.6. The van der Waals surface area contributed by atoms with Gasteiger partial charge in [0.05, 0.1) is 5.56 Å². The summed E-state index contributed by atoms with van der Waals surface area (Å²) in [6, 6.07) is 7.45. The molecular weight excluding hydrogens is 325 g/mol. The molecule has 1 amide bonds. The molecule has 1 unspecified atom stereocenters. The Morgan fingerprint density at radius 1 is 1.21 bits per heavy atom. The van der Waals surface area contributed by atoms with Gasteiger partial charge in [0.2, 0.25) is 0 Å². The van der Waals surface area contributed by atoms with E-state index in [4.69, 9.17) is 4.74 Å². The van der Waals surface area contributed by atoms with E-state index in [9.17, 15) is 22.8 Å². The van der Waals surface area contributed by atoms with E-state index in [-0.39, 0.29) is 18.7 Å². The molecule has 3 rings (SSSR count). The summed E-state index contributed by atoms with van der Waals surface area (Å²) in [5.74, 6) is -1.10. The van der Waals surface area contributed by atoms with Gasteiger partial charge in [-0.3, -0.25) is 4.79 Å². The van der Waals surface area contributed by atoms with E-state index < -0.39 is 29.7 Å². The normalized spacial score (nSPS) is 18.0. The Morgan fingerprint density at radius 2 is 1.92 bits per heavy atom. The van der Waals surface area contributed by atoms with Crippen LogP contribution in [-0.4, -0.2) is 29.5 Å². The second-order valence-corrected chi connectivity index (χ2v) is 5.30. The number of ether oxygens (including phenoxy) is 1. The van der Waals surface area contributed by atoms with Crippen LogP contribution in [0.2, 0.25) is 0 Å². The van der Waals surface area contributed by atoms with Gasteiger partial charge in [0.1, 0.15) is 5.69 Å². The summed E-state index contributed by atoms with van der Waals surface area (Å²) in [5.41, 5.74) is -0.213. The molecule has 1 atom stereocenters. The number of carbonyl (C=O) groups is 2. The summed E-state index contributed by atoms with van der Waals surface area (Å²) < 4.78 is 42.9. The number of alkyl halides is 3. The zero-order valence-electron chi connectivity index (χ0n) is 12.3. The van der Waals surface area contributed by atoms with Crippen LogP contribution in [0.25, 0.3) is 0 Å². The first-order valence-electron chi connectivity index (χ1n) is 7.19. The third-order valence-corrected chi connectivity index (χ3v) is 3.73. The molecular formula is C16H13F3N2O3. The zero-order valence-corrected chi connectivity index (χ0v) is 12.3. The summed E-state index contributed by atoms with van der Waals surface area (Å²) >= 11 is 0. The van der Waals surface area contributed by atoms with Crippen LogP contribution in [0.5, 0.6) is 0 Å². The van der Waals surface area contributed by atoms with E-state index in [0.717, 1.165) is 12.1 Å². The van der Waals surface area contributed by atoms with Gasteiger partial charge in [-0.1, -0.05) is 0 Å². The highest BCUT2D eigenvalue weighted by Gasteiger charge is 2.36. The topological polar surface area (TPSA) is 62.4 Å². The van der Waals surface area contributed by atoms with Crippen molar-refractivity contribution in [2.24, 2.45) is 0 Å². The average Bonchev–Trinajstić information content (AvgIpc) is 3.18. The van der Waals surface area contributed by atoms with Crippen molar-refractivity contribution >= 4 is 17.6 Å².